The summed E-state index contributed by atoms with van der Waals surface area (Å²) in [6.07, 6.45) is 0. The molecule has 1 atom stereocenters. The molecule has 0 spiro atoms. The molecule has 1 aromatic rings. The number of para-hydroxylation sites is 1. The molecule has 0 radical (unpaired) electrons. The van der Waals surface area contributed by atoms with E-state index in [9.17, 15) is 0 Å². The van der Waals surface area contributed by atoms with E-state index in [-0.39, 0.29) is 0 Å². The van der Waals surface area contributed by atoms with Crippen molar-refractivity contribution < 1.29 is 0 Å². The number of alkyl halides is 1. The second-order valence-electron chi connectivity index (χ2n) is 2.82. The smallest absolute Gasteiger partial charge is 0.0376 e. The average molecular weight is 168 g/mol. The van der Waals surface area contributed by atoms with Gasteiger partial charge in [-0.2, -0.15) is 0 Å². The van der Waals surface area contributed by atoms with Crippen molar-refractivity contribution in [3.63, 3.8) is 0 Å². The fraction of sp³-hybridized carbons (Fsp3) is 0.333. The maximum absolute atomic E-state index is 5.80. The van der Waals surface area contributed by atoms with E-state index in [1.54, 1.807) is 0 Å². The normalized spacial score (nSPS) is 21.0. The average Bonchev–Trinajstić information content (AvgIpc) is 2.47. The molecular formula is C9H10ClN. The van der Waals surface area contributed by atoms with Crippen LogP contribution < -0.4 is 5.32 Å². The van der Waals surface area contributed by atoms with Gasteiger partial charge in [0.2, 0.25) is 0 Å². The molecular weight excluding hydrogens is 158 g/mol. The molecule has 1 N–H and O–H groups in total. The molecule has 0 aromatic heterocycles. The Hall–Kier alpha value is -0.690. The summed E-state index contributed by atoms with van der Waals surface area (Å²) < 4.78 is 0. The molecule has 1 aliphatic rings. The molecule has 1 aromatic carbocycles. The highest BCUT2D eigenvalue weighted by molar-refractivity contribution is 6.18. The highest BCUT2D eigenvalue weighted by Gasteiger charge is 2.19. The third kappa shape index (κ3) is 1.10. The highest BCUT2D eigenvalue weighted by Crippen LogP contribution is 2.31. The number of halogens is 1. The summed E-state index contributed by atoms with van der Waals surface area (Å²) in [5.74, 6) is 1.22. The lowest BCUT2D eigenvalue weighted by atomic mass is 10.0. The molecule has 0 saturated carbocycles. The maximum Gasteiger partial charge on any atom is 0.0376 e. The fourth-order valence-corrected chi connectivity index (χ4v) is 1.77. The number of benzene rings is 1. The highest BCUT2D eigenvalue weighted by atomic mass is 35.5. The van der Waals surface area contributed by atoms with Crippen molar-refractivity contribution in [3.05, 3.63) is 29.8 Å². The van der Waals surface area contributed by atoms with Gasteiger partial charge in [-0.15, -0.1) is 11.6 Å². The second kappa shape index (κ2) is 2.74. The lowest BCUT2D eigenvalue weighted by molar-refractivity contribution is 0.862. The number of nitrogens with one attached hydrogen (secondary N) is 1. The van der Waals surface area contributed by atoms with Gasteiger partial charge in [0.05, 0.1) is 0 Å². The van der Waals surface area contributed by atoms with E-state index in [0.717, 1.165) is 6.54 Å². The first-order chi connectivity index (χ1) is 5.42. The summed E-state index contributed by atoms with van der Waals surface area (Å²) in [4.78, 5) is 0. The third-order valence-corrected chi connectivity index (χ3v) is 2.50. The predicted molar refractivity (Wildman–Crippen MR) is 48.4 cm³/mol. The van der Waals surface area contributed by atoms with Gasteiger partial charge in [0.1, 0.15) is 0 Å². The first kappa shape index (κ1) is 6.99. The zero-order valence-corrected chi connectivity index (χ0v) is 6.93. The van der Waals surface area contributed by atoms with Crippen LogP contribution in [0.1, 0.15) is 11.5 Å². The summed E-state index contributed by atoms with van der Waals surface area (Å²) in [5.41, 5.74) is 2.61. The van der Waals surface area contributed by atoms with Crippen LogP contribution in [0.25, 0.3) is 0 Å². The molecule has 2 rings (SSSR count). The van der Waals surface area contributed by atoms with Gasteiger partial charge in [0.25, 0.3) is 0 Å². The van der Waals surface area contributed by atoms with Gasteiger partial charge in [-0.1, -0.05) is 18.2 Å². The quantitative estimate of drug-likeness (QED) is 0.634. The van der Waals surface area contributed by atoms with E-state index in [1.165, 1.54) is 11.3 Å². The minimum absolute atomic E-state index is 0.507. The molecule has 0 saturated heterocycles. The SMILES string of the molecule is ClCC1CNc2ccccc21. The number of anilines is 1. The minimum Gasteiger partial charge on any atom is -0.384 e. The number of hydrogen-bond acceptors (Lipinski definition) is 1. The lowest BCUT2D eigenvalue weighted by Crippen LogP contribution is -2.02. The predicted octanol–water partition coefficient (Wildman–Crippen LogP) is 2.43. The molecule has 0 aliphatic carbocycles. The van der Waals surface area contributed by atoms with Crippen LogP contribution in [0, 0.1) is 0 Å². The van der Waals surface area contributed by atoms with Crippen molar-refractivity contribution in [2.75, 3.05) is 17.7 Å². The second-order valence-corrected chi connectivity index (χ2v) is 3.13. The summed E-state index contributed by atoms with van der Waals surface area (Å²) in [6, 6.07) is 8.35. The fourth-order valence-electron chi connectivity index (χ4n) is 1.49. The molecule has 1 unspecified atom stereocenters. The first-order valence-electron chi connectivity index (χ1n) is 3.80. The van der Waals surface area contributed by atoms with Crippen LogP contribution >= 0.6 is 11.6 Å². The minimum atomic E-state index is 0.507. The molecule has 2 heteroatoms. The Morgan fingerprint density at radius 2 is 2.27 bits per heavy atom. The van der Waals surface area contributed by atoms with Gasteiger partial charge in [-0.25, -0.2) is 0 Å². The van der Waals surface area contributed by atoms with E-state index in [4.69, 9.17) is 11.6 Å². The molecule has 1 heterocycles. The Morgan fingerprint density at radius 3 is 3.09 bits per heavy atom. The van der Waals surface area contributed by atoms with Crippen molar-refractivity contribution in [2.24, 2.45) is 0 Å². The van der Waals surface area contributed by atoms with Crippen LogP contribution in [0.4, 0.5) is 5.69 Å². The Labute approximate surface area is 71.4 Å². The molecule has 11 heavy (non-hydrogen) atoms. The van der Waals surface area contributed by atoms with Crippen molar-refractivity contribution in [3.8, 4) is 0 Å². The van der Waals surface area contributed by atoms with Crippen LogP contribution in [0.2, 0.25) is 0 Å². The van der Waals surface area contributed by atoms with Crippen molar-refractivity contribution in [1.29, 1.82) is 0 Å². The van der Waals surface area contributed by atoms with Gasteiger partial charge in [-0.05, 0) is 11.6 Å². The Morgan fingerprint density at radius 1 is 1.45 bits per heavy atom. The van der Waals surface area contributed by atoms with Gasteiger partial charge >= 0.3 is 0 Å². The van der Waals surface area contributed by atoms with E-state index < -0.39 is 0 Å². The Bertz CT molecular complexity index is 259. The molecule has 0 fully saturated rings. The van der Waals surface area contributed by atoms with Crippen molar-refractivity contribution in [1.82, 2.24) is 0 Å². The standard InChI is InChI=1S/C9H10ClN/c10-5-7-6-11-9-4-2-1-3-8(7)9/h1-4,7,11H,5-6H2. The van der Waals surface area contributed by atoms with Crippen LogP contribution in [-0.4, -0.2) is 12.4 Å². The van der Waals surface area contributed by atoms with E-state index in [1.807, 2.05) is 6.07 Å². The topological polar surface area (TPSA) is 12.0 Å². The van der Waals surface area contributed by atoms with Crippen LogP contribution in [0.5, 0.6) is 0 Å². The first-order valence-corrected chi connectivity index (χ1v) is 4.34. The maximum atomic E-state index is 5.80. The summed E-state index contributed by atoms with van der Waals surface area (Å²) in [6.45, 7) is 0.989. The third-order valence-electron chi connectivity index (χ3n) is 2.13. The Balaban J connectivity index is 2.39. The van der Waals surface area contributed by atoms with Gasteiger partial charge in [-0.3, -0.25) is 0 Å². The molecule has 1 aliphatic heterocycles. The van der Waals surface area contributed by atoms with E-state index >= 15 is 0 Å². The van der Waals surface area contributed by atoms with Gasteiger partial charge in [0, 0.05) is 24.0 Å². The van der Waals surface area contributed by atoms with Crippen LogP contribution in [0.3, 0.4) is 0 Å². The van der Waals surface area contributed by atoms with E-state index in [2.05, 4.69) is 23.5 Å². The number of fused-ring (bicyclic) bond motifs is 1. The zero-order chi connectivity index (χ0) is 7.68. The summed E-state index contributed by atoms with van der Waals surface area (Å²) in [5, 5.41) is 3.32. The van der Waals surface area contributed by atoms with Crippen LogP contribution in [-0.2, 0) is 0 Å². The van der Waals surface area contributed by atoms with Crippen LogP contribution in [0.15, 0.2) is 24.3 Å². The zero-order valence-electron chi connectivity index (χ0n) is 6.18. The molecule has 1 nitrogen and oxygen atoms in total. The largest absolute Gasteiger partial charge is 0.384 e. The Kier molecular flexibility index (Phi) is 1.74. The van der Waals surface area contributed by atoms with E-state index in [0.29, 0.717) is 11.8 Å². The summed E-state index contributed by atoms with van der Waals surface area (Å²) >= 11 is 5.80. The molecule has 0 amide bonds. The summed E-state index contributed by atoms with van der Waals surface area (Å²) in [7, 11) is 0. The number of rotatable bonds is 1. The van der Waals surface area contributed by atoms with Crippen molar-refractivity contribution >= 4 is 17.3 Å². The lowest BCUT2D eigenvalue weighted by Gasteiger charge is -2.02. The van der Waals surface area contributed by atoms with Gasteiger partial charge in [0.15, 0.2) is 0 Å². The monoisotopic (exact) mass is 167 g/mol. The van der Waals surface area contributed by atoms with Gasteiger partial charge < -0.3 is 5.32 Å². The number of hydrogen-bond donors (Lipinski definition) is 1. The molecule has 0 bridgehead atoms. The molecule has 58 valence electrons. The van der Waals surface area contributed by atoms with Crippen molar-refractivity contribution in [2.45, 2.75) is 5.92 Å².